The number of benzene rings is 9. The number of hydrogen-bond donors (Lipinski definition) is 6. The van der Waals surface area contributed by atoms with Crippen molar-refractivity contribution in [3.05, 3.63) is 263 Å². The molecule has 9 aromatic carbocycles. The molecular formula is C104H121Cl2FN6O18. The lowest BCUT2D eigenvalue weighted by atomic mass is 9.82. The molecule has 6 heterocycles. The van der Waals surface area contributed by atoms with Crippen LogP contribution in [0.1, 0.15) is 180 Å². The molecule has 9 atom stereocenters. The Morgan fingerprint density at radius 3 is 1.00 bits per heavy atom. The van der Waals surface area contributed by atoms with Crippen molar-refractivity contribution in [2.24, 2.45) is 17.8 Å². The van der Waals surface area contributed by atoms with E-state index >= 15 is 0 Å². The number of hydrogen-bond acceptors (Lipinski definition) is 18. The molecule has 696 valence electrons. The lowest BCUT2D eigenvalue weighted by Gasteiger charge is -2.27. The molecule has 6 N–H and O–H groups in total. The Morgan fingerprint density at radius 1 is 0.374 bits per heavy atom. The number of ether oxygens (including phenoxy) is 9. The topological polar surface area (TPSA) is 292 Å². The van der Waals surface area contributed by atoms with Crippen molar-refractivity contribution in [3.63, 3.8) is 0 Å². The number of carbonyl (C=O) groups excluding carboxylic acids is 3. The average Bonchev–Trinajstić information content (AvgIpc) is 1.62. The third-order valence-electron chi connectivity index (χ3n) is 25.8. The molecule has 27 heteroatoms. The van der Waals surface area contributed by atoms with Gasteiger partial charge in [0.25, 0.3) is 0 Å². The van der Waals surface area contributed by atoms with Gasteiger partial charge in [-0.25, -0.2) is 4.39 Å². The van der Waals surface area contributed by atoms with Gasteiger partial charge >= 0.3 is 17.9 Å². The quantitative estimate of drug-likeness (QED) is 0.0199. The number of likely N-dealkylation sites (tertiary alicyclic amines) is 3. The predicted octanol–water partition coefficient (Wildman–Crippen LogP) is 18.3. The van der Waals surface area contributed by atoms with Gasteiger partial charge in [-0.1, -0.05) is 168 Å². The van der Waals surface area contributed by atoms with Crippen molar-refractivity contribution in [1.29, 1.82) is 0 Å². The van der Waals surface area contributed by atoms with E-state index in [1.54, 1.807) is 27.4 Å². The summed E-state index contributed by atoms with van der Waals surface area (Å²) in [6, 6.07) is 50.4. The highest BCUT2D eigenvalue weighted by molar-refractivity contribution is 6.31. The standard InChI is InChI=1S/C35H41ClN2O6.C35H42N2O6.C34H38ClFN2O6/c1-4-23-17-27(36)18-24(5-2)33(23)37-31(39)21-38-20-28(26-12-13-29-30(19-26)44-16-15-43-29)32(35(40)41)34(38)25-10-8-22(9-11-25)7-6-14-42-3;1-4-24-9-6-10-25(5-2)33(24)36-31(38)22-37-21-28(27-15-16-29-30(20-27)43-19-18-42-29)32(35(39)40)34(37)26-13-11-23(12-14-26)8-7-17-41-3;1-4-21-13-25(35)14-22(5-2)31(21)37-29(39)18-38-17-26(24-15-27(36)33-28(16-24)43-19-44-33)30(34(40)41)32(38)23-10-8-20(9-11-23)7-6-12-42-3/h8-13,17-19,28,32,34H,4-7,14-16,20-21H2,1-3H3,(H,37,39)(H,40,41);6,9-16,20,28,32,34H,4-5,7-8,17-19,21-22H2,1-3H3,(H,36,38)(H,39,40);8-11,13-16,26,30,32H,4-7,12,17-19H2,1-3H3,(H,37,39)(H,40,41)/t2*28-,32?,34+;26-,30?,32+/m111/s1. The molecule has 131 heavy (non-hydrogen) atoms. The van der Waals surface area contributed by atoms with Gasteiger partial charge in [0.2, 0.25) is 30.3 Å². The number of methoxy groups -OCH3 is 3. The first-order valence-corrected chi connectivity index (χ1v) is 46.4. The summed E-state index contributed by atoms with van der Waals surface area (Å²) in [6.07, 6.45) is 9.68. The van der Waals surface area contributed by atoms with Crippen LogP contribution in [0, 0.1) is 23.6 Å². The number of fused-ring (bicyclic) bond motifs is 3. The lowest BCUT2D eigenvalue weighted by molar-refractivity contribution is -0.144. The van der Waals surface area contributed by atoms with Gasteiger partial charge in [0.1, 0.15) is 26.4 Å². The van der Waals surface area contributed by atoms with E-state index in [1.807, 2.05) is 182 Å². The van der Waals surface area contributed by atoms with E-state index in [4.69, 9.17) is 65.8 Å². The first-order chi connectivity index (χ1) is 63.5. The predicted molar refractivity (Wildman–Crippen MR) is 503 cm³/mol. The zero-order valence-corrected chi connectivity index (χ0v) is 77.6. The summed E-state index contributed by atoms with van der Waals surface area (Å²) in [7, 11) is 5.06. The van der Waals surface area contributed by atoms with E-state index in [0.29, 0.717) is 111 Å². The number of para-hydroxylation sites is 1. The molecule has 3 saturated heterocycles. The van der Waals surface area contributed by atoms with Gasteiger partial charge in [-0.15, -0.1) is 0 Å². The van der Waals surface area contributed by atoms with Gasteiger partial charge in [-0.2, -0.15) is 0 Å². The van der Waals surface area contributed by atoms with E-state index in [-0.39, 0.29) is 74.0 Å². The number of amides is 3. The summed E-state index contributed by atoms with van der Waals surface area (Å²) in [5.41, 5.74) is 16.6. The van der Waals surface area contributed by atoms with Crippen LogP contribution in [0.3, 0.4) is 0 Å². The Labute approximate surface area is 776 Å². The molecule has 6 aliphatic rings. The Hall–Kier alpha value is -11.1. The smallest absolute Gasteiger partial charge is 0.309 e. The summed E-state index contributed by atoms with van der Waals surface area (Å²) in [5.74, 6) is -4.99. The van der Waals surface area contributed by atoms with Crippen LogP contribution in [0.2, 0.25) is 10.0 Å². The molecule has 3 fully saturated rings. The third kappa shape index (κ3) is 23.7. The minimum atomic E-state index is -1.02. The molecule has 0 bridgehead atoms. The van der Waals surface area contributed by atoms with Crippen LogP contribution >= 0.6 is 23.2 Å². The van der Waals surface area contributed by atoms with E-state index in [2.05, 4.69) is 41.9 Å². The Kier molecular flexibility index (Phi) is 34.4. The number of halogens is 3. The van der Waals surface area contributed by atoms with Crippen LogP contribution in [0.15, 0.2) is 164 Å². The molecule has 15 rings (SSSR count). The van der Waals surface area contributed by atoms with Gasteiger partial charge in [-0.05, 0) is 221 Å². The molecule has 24 nitrogen and oxygen atoms in total. The van der Waals surface area contributed by atoms with Crippen LogP contribution in [0.4, 0.5) is 21.5 Å². The number of carboxylic acids is 3. The summed E-state index contributed by atoms with van der Waals surface area (Å²) in [5, 5.41) is 42.6. The van der Waals surface area contributed by atoms with Crippen molar-refractivity contribution >= 4 is 75.9 Å². The summed E-state index contributed by atoms with van der Waals surface area (Å²) in [4.78, 5) is 85.9. The Morgan fingerprint density at radius 2 is 0.679 bits per heavy atom. The fourth-order valence-electron chi connectivity index (χ4n) is 19.5. The monoisotopic (exact) mass is 1830 g/mol. The molecule has 3 amide bonds. The fourth-order valence-corrected chi connectivity index (χ4v) is 20.0. The highest BCUT2D eigenvalue weighted by Crippen LogP contribution is 2.52. The van der Waals surface area contributed by atoms with E-state index in [9.17, 15) is 48.5 Å². The normalized spacial score (nSPS) is 19.6. The molecular weight excluding hydrogens is 1710 g/mol. The summed E-state index contributed by atoms with van der Waals surface area (Å²) < 4.78 is 64.3. The number of rotatable bonds is 36. The second-order valence-electron chi connectivity index (χ2n) is 34.0. The number of nitrogens with zero attached hydrogens (tertiary/aromatic N) is 3. The van der Waals surface area contributed by atoms with E-state index in [1.165, 1.54) is 11.6 Å². The van der Waals surface area contributed by atoms with Crippen LogP contribution in [-0.4, -0.2) is 179 Å². The first-order valence-electron chi connectivity index (χ1n) is 45.6. The number of carboxylic acid groups (broad SMARTS) is 3. The molecule has 9 aromatic rings. The van der Waals surface area contributed by atoms with Crippen LogP contribution in [0.5, 0.6) is 34.5 Å². The van der Waals surface area contributed by atoms with Crippen LogP contribution < -0.4 is 44.4 Å². The maximum Gasteiger partial charge on any atom is 0.309 e. The molecule has 0 aliphatic carbocycles. The Bertz CT molecular complexity index is 5400. The molecule has 3 unspecified atom stereocenters. The molecule has 0 radical (unpaired) electrons. The third-order valence-corrected chi connectivity index (χ3v) is 26.2. The number of nitrogens with one attached hydrogen (secondary N) is 3. The minimum Gasteiger partial charge on any atom is -0.486 e. The fraction of sp³-hybridized carbons (Fsp3) is 0.423. The second kappa shape index (κ2) is 46.3. The van der Waals surface area contributed by atoms with Crippen molar-refractivity contribution in [2.45, 2.75) is 154 Å². The van der Waals surface area contributed by atoms with Crippen molar-refractivity contribution < 1.29 is 91.1 Å². The van der Waals surface area contributed by atoms with Gasteiger partial charge in [-0.3, -0.25) is 43.5 Å². The molecule has 0 spiro atoms. The van der Waals surface area contributed by atoms with Gasteiger partial charge < -0.3 is 73.9 Å². The van der Waals surface area contributed by atoms with Crippen molar-refractivity contribution in [2.75, 3.05) is 130 Å². The van der Waals surface area contributed by atoms with Gasteiger partial charge in [0.15, 0.2) is 34.6 Å². The number of aliphatic carboxylic acids is 3. The number of carbonyl (C=O) groups is 6. The summed E-state index contributed by atoms with van der Waals surface area (Å²) in [6.45, 7) is 17.1. The largest absolute Gasteiger partial charge is 0.486 e. The molecule has 6 aliphatic heterocycles. The zero-order valence-electron chi connectivity index (χ0n) is 76.1. The first kappa shape index (κ1) is 97.4. The number of anilines is 3. The summed E-state index contributed by atoms with van der Waals surface area (Å²) >= 11 is 12.7. The minimum absolute atomic E-state index is 0.0249. The Balaban J connectivity index is 0.000000167. The van der Waals surface area contributed by atoms with E-state index < -0.39 is 65.5 Å². The zero-order chi connectivity index (χ0) is 92.9. The maximum atomic E-state index is 15.0. The lowest BCUT2D eigenvalue weighted by Crippen LogP contribution is -2.35. The highest BCUT2D eigenvalue weighted by atomic mass is 35.5. The van der Waals surface area contributed by atoms with Gasteiger partial charge in [0.05, 0.1) is 37.4 Å². The van der Waals surface area contributed by atoms with Crippen molar-refractivity contribution in [1.82, 2.24) is 14.7 Å². The van der Waals surface area contributed by atoms with Crippen LogP contribution in [0.25, 0.3) is 0 Å². The van der Waals surface area contributed by atoms with Crippen LogP contribution in [-0.2, 0) is 101 Å². The average molecular weight is 1830 g/mol. The second-order valence-corrected chi connectivity index (χ2v) is 34.9. The number of aryl methyl sites for hydroxylation is 9. The van der Waals surface area contributed by atoms with E-state index in [0.717, 1.165) is 154 Å². The van der Waals surface area contributed by atoms with Crippen molar-refractivity contribution in [3.8, 4) is 34.5 Å². The molecule has 0 aromatic heterocycles. The highest BCUT2D eigenvalue weighted by Gasteiger charge is 2.52. The SMILES string of the molecule is CCc1cc(Cl)cc(CC)c1NC(=O)CN1C[C@H](c2cc(F)c3c(c2)OCO3)C(C(=O)O)[C@@H]1c1ccc(CCCOC)cc1.CCc1cc(Cl)cc(CC)c1NC(=O)CN1C[C@H](c2ccc3c(c2)OCCO3)C(C(=O)O)[C@@H]1c1ccc(CCCOC)cc1.CCc1cccc(CC)c1NC(=O)CN1C[C@H](c2ccc3c(c2)OCCO3)C(C(=O)O)[C@@H]1c1ccc(CCCOC)cc1. The van der Waals surface area contributed by atoms with Gasteiger partial charge in [0, 0.05) is 124 Å². The molecule has 0 saturated carbocycles. The maximum absolute atomic E-state index is 15.0.